The highest BCUT2D eigenvalue weighted by molar-refractivity contribution is 6.49. The van der Waals surface area contributed by atoms with Gasteiger partial charge in [-0.15, -0.1) is 4.91 Å². The number of aromatic nitrogens is 1. The number of nitrogens with two attached hydrogens (primary N) is 1. The molecule has 1 heterocycles. The second-order valence-electron chi connectivity index (χ2n) is 2.43. The summed E-state index contributed by atoms with van der Waals surface area (Å²) in [5.74, 6) is 0. The first-order valence-electron chi connectivity index (χ1n) is 3.57. The number of nitrogens with zero attached hydrogens (tertiary/aromatic N) is 2. The Bertz CT molecular complexity index is 362. The molecule has 5 heteroatoms. The summed E-state index contributed by atoms with van der Waals surface area (Å²) < 4.78 is 0. The van der Waals surface area contributed by atoms with Gasteiger partial charge in [0, 0.05) is 6.20 Å². The van der Waals surface area contributed by atoms with Crippen molar-refractivity contribution < 1.29 is 0 Å². The largest absolute Gasteiger partial charge is 0.397 e. The van der Waals surface area contributed by atoms with Gasteiger partial charge in [-0.25, -0.2) is 0 Å². The zero-order valence-corrected chi connectivity index (χ0v) is 7.75. The van der Waals surface area contributed by atoms with E-state index in [2.05, 4.69) is 10.2 Å². The summed E-state index contributed by atoms with van der Waals surface area (Å²) in [7, 11) is 0. The molecule has 0 bridgehead atoms. The van der Waals surface area contributed by atoms with Gasteiger partial charge in [0.1, 0.15) is 11.4 Å². The maximum atomic E-state index is 10.2. The SMILES string of the molecule is C/C(N=O)=C(/Cl)c1ncccc1N. The van der Waals surface area contributed by atoms with Crippen LogP contribution in [0.1, 0.15) is 12.6 Å². The van der Waals surface area contributed by atoms with Crippen LogP contribution in [0.4, 0.5) is 5.69 Å². The van der Waals surface area contributed by atoms with E-state index >= 15 is 0 Å². The first kappa shape index (κ1) is 9.67. The summed E-state index contributed by atoms with van der Waals surface area (Å²) in [5, 5.41) is 2.90. The smallest absolute Gasteiger partial charge is 0.106 e. The second-order valence-corrected chi connectivity index (χ2v) is 2.81. The van der Waals surface area contributed by atoms with Crippen LogP contribution < -0.4 is 5.73 Å². The molecule has 0 spiro atoms. The van der Waals surface area contributed by atoms with Crippen LogP contribution >= 0.6 is 11.6 Å². The van der Waals surface area contributed by atoms with E-state index in [9.17, 15) is 4.91 Å². The highest BCUT2D eigenvalue weighted by Crippen LogP contribution is 2.25. The van der Waals surface area contributed by atoms with Crippen LogP contribution in [0.25, 0.3) is 5.03 Å². The predicted molar refractivity (Wildman–Crippen MR) is 52.9 cm³/mol. The van der Waals surface area contributed by atoms with Crippen molar-refractivity contribution >= 4 is 22.3 Å². The molecule has 0 radical (unpaired) electrons. The molecule has 2 N–H and O–H groups in total. The number of rotatable bonds is 2. The van der Waals surface area contributed by atoms with Crippen molar-refractivity contribution in [3.8, 4) is 0 Å². The number of nitroso groups, excluding NO2 is 1. The highest BCUT2D eigenvalue weighted by atomic mass is 35.5. The summed E-state index contributed by atoms with van der Waals surface area (Å²) in [6.07, 6.45) is 1.55. The van der Waals surface area contributed by atoms with Crippen LogP contribution in [-0.2, 0) is 0 Å². The fraction of sp³-hybridized carbons (Fsp3) is 0.125. The fourth-order valence-corrected chi connectivity index (χ4v) is 1.00. The van der Waals surface area contributed by atoms with E-state index in [-0.39, 0.29) is 10.7 Å². The number of allylic oxidation sites excluding steroid dienone is 1. The second kappa shape index (κ2) is 4.00. The molecule has 1 rings (SSSR count). The molecule has 1 aromatic heterocycles. The minimum Gasteiger partial charge on any atom is -0.397 e. The normalized spacial score (nSPS) is 12.2. The number of anilines is 1. The fourth-order valence-electron chi connectivity index (χ4n) is 0.813. The topological polar surface area (TPSA) is 68.3 Å². The standard InChI is InChI=1S/C8H8ClN3O/c1-5(12-13)7(9)8-6(10)3-2-4-11-8/h2-4H,10H2,1H3/b7-5-. The molecule has 0 unspecified atom stereocenters. The third kappa shape index (κ3) is 2.03. The van der Waals surface area contributed by atoms with E-state index in [0.29, 0.717) is 11.4 Å². The molecule has 0 saturated heterocycles. The van der Waals surface area contributed by atoms with Crippen LogP contribution in [0.3, 0.4) is 0 Å². The number of pyridine rings is 1. The summed E-state index contributed by atoms with van der Waals surface area (Å²) in [6, 6.07) is 3.34. The summed E-state index contributed by atoms with van der Waals surface area (Å²) in [4.78, 5) is 14.1. The van der Waals surface area contributed by atoms with E-state index in [1.54, 1.807) is 18.3 Å². The van der Waals surface area contributed by atoms with Crippen LogP contribution in [0.15, 0.2) is 29.2 Å². The van der Waals surface area contributed by atoms with Gasteiger partial charge in [-0.2, -0.15) is 0 Å². The molecule has 1 aromatic rings. The first-order chi connectivity index (χ1) is 6.16. The van der Waals surface area contributed by atoms with Gasteiger partial charge in [-0.3, -0.25) is 4.98 Å². The Hall–Kier alpha value is -1.42. The molecule has 0 aromatic carbocycles. The van der Waals surface area contributed by atoms with Gasteiger partial charge in [0.2, 0.25) is 0 Å². The Morgan fingerprint density at radius 3 is 2.92 bits per heavy atom. The zero-order chi connectivity index (χ0) is 9.84. The minimum atomic E-state index is 0.173. The third-order valence-corrected chi connectivity index (χ3v) is 1.95. The average molecular weight is 198 g/mol. The van der Waals surface area contributed by atoms with Crippen molar-refractivity contribution in [2.45, 2.75) is 6.92 Å². The quantitative estimate of drug-likeness (QED) is 0.740. The Labute approximate surface area is 80.4 Å². The van der Waals surface area contributed by atoms with Crippen molar-refractivity contribution in [3.63, 3.8) is 0 Å². The molecule has 0 atom stereocenters. The van der Waals surface area contributed by atoms with Gasteiger partial charge in [-0.1, -0.05) is 11.6 Å². The Kier molecular flexibility index (Phi) is 2.97. The molecule has 0 aliphatic carbocycles. The van der Waals surface area contributed by atoms with Gasteiger partial charge in [0.25, 0.3) is 0 Å². The highest BCUT2D eigenvalue weighted by Gasteiger charge is 2.07. The Morgan fingerprint density at radius 1 is 1.69 bits per heavy atom. The van der Waals surface area contributed by atoms with Gasteiger partial charge in [0.05, 0.1) is 10.7 Å². The summed E-state index contributed by atoms with van der Waals surface area (Å²) >= 11 is 5.81. The van der Waals surface area contributed by atoms with E-state index in [4.69, 9.17) is 17.3 Å². The van der Waals surface area contributed by atoms with E-state index in [0.717, 1.165) is 0 Å². The zero-order valence-electron chi connectivity index (χ0n) is 6.99. The monoisotopic (exact) mass is 197 g/mol. The van der Waals surface area contributed by atoms with Crippen molar-refractivity contribution in [3.05, 3.63) is 34.6 Å². The molecule has 0 fully saturated rings. The lowest BCUT2D eigenvalue weighted by atomic mass is 10.2. The van der Waals surface area contributed by atoms with Crippen molar-refractivity contribution in [1.82, 2.24) is 4.98 Å². The minimum absolute atomic E-state index is 0.173. The maximum absolute atomic E-state index is 10.2. The van der Waals surface area contributed by atoms with Crippen LogP contribution in [0, 0.1) is 4.91 Å². The lowest BCUT2D eigenvalue weighted by molar-refractivity contribution is 1.25. The molecule has 0 aliphatic rings. The van der Waals surface area contributed by atoms with Crippen molar-refractivity contribution in [2.75, 3.05) is 5.73 Å². The molecule has 68 valence electrons. The lowest BCUT2D eigenvalue weighted by Crippen LogP contribution is -1.94. The van der Waals surface area contributed by atoms with Gasteiger partial charge in [0.15, 0.2) is 0 Å². The molecule has 4 nitrogen and oxygen atoms in total. The number of hydrogen-bond acceptors (Lipinski definition) is 4. The van der Waals surface area contributed by atoms with Crippen LogP contribution in [-0.4, -0.2) is 4.98 Å². The maximum Gasteiger partial charge on any atom is 0.106 e. The molecular weight excluding hydrogens is 190 g/mol. The molecule has 13 heavy (non-hydrogen) atoms. The summed E-state index contributed by atoms with van der Waals surface area (Å²) in [6.45, 7) is 1.50. The number of hydrogen-bond donors (Lipinski definition) is 1. The molecule has 0 aliphatic heterocycles. The third-order valence-electron chi connectivity index (χ3n) is 1.50. The van der Waals surface area contributed by atoms with E-state index in [1.807, 2.05) is 0 Å². The first-order valence-corrected chi connectivity index (χ1v) is 3.95. The van der Waals surface area contributed by atoms with Crippen LogP contribution in [0.2, 0.25) is 0 Å². The Morgan fingerprint density at radius 2 is 2.38 bits per heavy atom. The van der Waals surface area contributed by atoms with Gasteiger partial charge in [-0.05, 0) is 24.2 Å². The van der Waals surface area contributed by atoms with Gasteiger partial charge < -0.3 is 5.73 Å². The lowest BCUT2D eigenvalue weighted by Gasteiger charge is -2.01. The van der Waals surface area contributed by atoms with E-state index < -0.39 is 0 Å². The van der Waals surface area contributed by atoms with Crippen molar-refractivity contribution in [2.24, 2.45) is 5.18 Å². The van der Waals surface area contributed by atoms with E-state index in [1.165, 1.54) is 6.92 Å². The summed E-state index contributed by atoms with van der Waals surface area (Å²) in [5.41, 5.74) is 6.58. The average Bonchev–Trinajstić information content (AvgIpc) is 2.16. The van der Waals surface area contributed by atoms with Crippen molar-refractivity contribution in [1.29, 1.82) is 0 Å². The molecule has 0 amide bonds. The van der Waals surface area contributed by atoms with Crippen LogP contribution in [0.5, 0.6) is 0 Å². The number of nitrogen functional groups attached to an aromatic ring is 1. The number of halogens is 1. The molecular formula is C8H8ClN3O. The van der Waals surface area contributed by atoms with Gasteiger partial charge >= 0.3 is 0 Å². The predicted octanol–water partition coefficient (Wildman–Crippen LogP) is 2.36. The Balaban J connectivity index is 3.23. The molecule has 0 saturated carbocycles.